The number of hydrogen-bond acceptors (Lipinski definition) is 5. The summed E-state index contributed by atoms with van der Waals surface area (Å²) in [4.78, 5) is 17.1. The highest BCUT2D eigenvalue weighted by Crippen LogP contribution is 2.33. The highest BCUT2D eigenvalue weighted by molar-refractivity contribution is 8.26. The van der Waals surface area contributed by atoms with Gasteiger partial charge in [0.1, 0.15) is 10.1 Å². The molecule has 1 amide bonds. The second kappa shape index (κ2) is 8.59. The van der Waals surface area contributed by atoms with E-state index in [1.807, 2.05) is 73.6 Å². The van der Waals surface area contributed by atoms with Crippen LogP contribution in [0.4, 0.5) is 5.69 Å². The highest BCUT2D eigenvalue weighted by atomic mass is 32.2. The SMILES string of the molecule is COc1ccc(CCN2C(=O)/C(=C/c3ccc(N(C)C)cc3)SC2=S)cc1. The maximum absolute atomic E-state index is 12.7. The normalized spacial score (nSPS) is 15.5. The Morgan fingerprint density at radius 1 is 1.11 bits per heavy atom. The average molecular weight is 399 g/mol. The lowest BCUT2D eigenvalue weighted by Crippen LogP contribution is -2.30. The van der Waals surface area contributed by atoms with Crippen molar-refractivity contribution in [2.75, 3.05) is 32.6 Å². The van der Waals surface area contributed by atoms with Gasteiger partial charge in [-0.2, -0.15) is 0 Å². The second-order valence-electron chi connectivity index (χ2n) is 6.42. The van der Waals surface area contributed by atoms with E-state index in [1.165, 1.54) is 11.8 Å². The first kappa shape index (κ1) is 19.5. The molecule has 2 aromatic rings. The van der Waals surface area contributed by atoms with Crippen LogP contribution in [0.5, 0.6) is 5.75 Å². The molecule has 0 atom stereocenters. The van der Waals surface area contributed by atoms with Gasteiger partial charge in [0.2, 0.25) is 0 Å². The molecule has 27 heavy (non-hydrogen) atoms. The van der Waals surface area contributed by atoms with E-state index in [-0.39, 0.29) is 5.91 Å². The van der Waals surface area contributed by atoms with Crippen molar-refractivity contribution in [2.24, 2.45) is 0 Å². The van der Waals surface area contributed by atoms with Crippen molar-refractivity contribution < 1.29 is 9.53 Å². The third-order valence-corrected chi connectivity index (χ3v) is 5.74. The molecule has 0 unspecified atom stereocenters. The van der Waals surface area contributed by atoms with Crippen LogP contribution in [0, 0.1) is 0 Å². The molecule has 0 N–H and O–H groups in total. The lowest BCUT2D eigenvalue weighted by Gasteiger charge is -2.14. The predicted molar refractivity (Wildman–Crippen MR) is 117 cm³/mol. The number of thiocarbonyl (C=S) groups is 1. The molecule has 1 heterocycles. The zero-order chi connectivity index (χ0) is 19.4. The lowest BCUT2D eigenvalue weighted by molar-refractivity contribution is -0.122. The molecule has 1 aliphatic heterocycles. The number of hydrogen-bond donors (Lipinski definition) is 0. The van der Waals surface area contributed by atoms with Crippen LogP contribution in [-0.4, -0.2) is 42.9 Å². The van der Waals surface area contributed by atoms with Crippen LogP contribution in [-0.2, 0) is 11.2 Å². The van der Waals surface area contributed by atoms with Gasteiger partial charge in [-0.3, -0.25) is 9.69 Å². The van der Waals surface area contributed by atoms with E-state index < -0.39 is 0 Å². The number of rotatable bonds is 6. The average Bonchev–Trinajstić information content (AvgIpc) is 2.94. The summed E-state index contributed by atoms with van der Waals surface area (Å²) in [7, 11) is 5.65. The quantitative estimate of drug-likeness (QED) is 0.538. The van der Waals surface area contributed by atoms with Crippen molar-refractivity contribution in [3.63, 3.8) is 0 Å². The van der Waals surface area contributed by atoms with Crippen molar-refractivity contribution >= 4 is 46.0 Å². The molecule has 0 spiro atoms. The molecular weight excluding hydrogens is 376 g/mol. The topological polar surface area (TPSA) is 32.8 Å². The summed E-state index contributed by atoms with van der Waals surface area (Å²) in [6.07, 6.45) is 2.66. The Balaban J connectivity index is 1.66. The molecule has 4 nitrogen and oxygen atoms in total. The van der Waals surface area contributed by atoms with E-state index >= 15 is 0 Å². The number of methoxy groups -OCH3 is 1. The fourth-order valence-corrected chi connectivity index (χ4v) is 4.05. The Kier molecular flexibility index (Phi) is 6.19. The van der Waals surface area contributed by atoms with Crippen LogP contribution in [0.2, 0.25) is 0 Å². The Morgan fingerprint density at radius 3 is 2.37 bits per heavy atom. The Bertz CT molecular complexity index is 859. The van der Waals surface area contributed by atoms with Gasteiger partial charge in [-0.15, -0.1) is 0 Å². The molecule has 2 aromatic carbocycles. The number of carbonyl (C=O) groups is 1. The highest BCUT2D eigenvalue weighted by Gasteiger charge is 2.31. The van der Waals surface area contributed by atoms with Crippen LogP contribution < -0.4 is 9.64 Å². The van der Waals surface area contributed by atoms with Gasteiger partial charge in [-0.1, -0.05) is 48.2 Å². The van der Waals surface area contributed by atoms with E-state index in [4.69, 9.17) is 17.0 Å². The molecular formula is C21H22N2O2S2. The summed E-state index contributed by atoms with van der Waals surface area (Å²) in [6, 6.07) is 16.0. The largest absolute Gasteiger partial charge is 0.497 e. The zero-order valence-electron chi connectivity index (χ0n) is 15.6. The van der Waals surface area contributed by atoms with Crippen LogP contribution >= 0.6 is 24.0 Å². The molecule has 1 aliphatic rings. The van der Waals surface area contributed by atoms with Gasteiger partial charge < -0.3 is 9.64 Å². The third kappa shape index (κ3) is 4.70. The second-order valence-corrected chi connectivity index (χ2v) is 8.09. The smallest absolute Gasteiger partial charge is 0.266 e. The summed E-state index contributed by atoms with van der Waals surface area (Å²) < 4.78 is 5.79. The van der Waals surface area contributed by atoms with E-state index in [2.05, 4.69) is 0 Å². The summed E-state index contributed by atoms with van der Waals surface area (Å²) in [6.45, 7) is 0.577. The van der Waals surface area contributed by atoms with Crippen molar-refractivity contribution in [1.29, 1.82) is 0 Å². The molecule has 140 valence electrons. The first-order chi connectivity index (χ1) is 13.0. The van der Waals surface area contributed by atoms with Crippen LogP contribution in [0.3, 0.4) is 0 Å². The van der Waals surface area contributed by atoms with Gasteiger partial charge in [0.15, 0.2) is 0 Å². The minimum atomic E-state index is -0.0183. The van der Waals surface area contributed by atoms with Gasteiger partial charge in [0.25, 0.3) is 5.91 Å². The fraction of sp³-hybridized carbons (Fsp3) is 0.238. The maximum Gasteiger partial charge on any atom is 0.266 e. The number of thioether (sulfide) groups is 1. The summed E-state index contributed by atoms with van der Waals surface area (Å²) in [5.74, 6) is 0.808. The third-order valence-electron chi connectivity index (χ3n) is 4.36. The van der Waals surface area contributed by atoms with Crippen LogP contribution in [0.25, 0.3) is 6.08 Å². The Morgan fingerprint density at radius 2 is 1.78 bits per heavy atom. The molecule has 0 aromatic heterocycles. The van der Waals surface area contributed by atoms with Crippen molar-refractivity contribution in [3.05, 3.63) is 64.6 Å². The molecule has 0 bridgehead atoms. The zero-order valence-corrected chi connectivity index (χ0v) is 17.3. The number of ether oxygens (including phenoxy) is 1. The standard InChI is InChI=1S/C21H22N2O2S2/c1-22(2)17-8-4-16(5-9-17)14-19-20(24)23(21(26)27-19)13-12-15-6-10-18(25-3)11-7-15/h4-11,14H,12-13H2,1-3H3/b19-14-. The van der Waals surface area contributed by atoms with Crippen molar-refractivity contribution in [3.8, 4) is 5.75 Å². The van der Waals surface area contributed by atoms with Gasteiger partial charge in [0.05, 0.1) is 12.0 Å². The molecule has 0 aliphatic carbocycles. The lowest BCUT2D eigenvalue weighted by atomic mass is 10.1. The molecule has 1 fully saturated rings. The summed E-state index contributed by atoms with van der Waals surface area (Å²) >= 11 is 6.79. The van der Waals surface area contributed by atoms with E-state index in [0.29, 0.717) is 15.8 Å². The van der Waals surface area contributed by atoms with Crippen molar-refractivity contribution in [1.82, 2.24) is 4.90 Å². The van der Waals surface area contributed by atoms with Crippen molar-refractivity contribution in [2.45, 2.75) is 6.42 Å². The van der Waals surface area contributed by atoms with E-state index in [0.717, 1.165) is 29.0 Å². The van der Waals surface area contributed by atoms with Gasteiger partial charge in [0, 0.05) is 26.3 Å². The van der Waals surface area contributed by atoms with Crippen LogP contribution in [0.1, 0.15) is 11.1 Å². The number of amides is 1. The Labute approximate surface area is 169 Å². The fourth-order valence-electron chi connectivity index (χ4n) is 2.75. The van der Waals surface area contributed by atoms with Gasteiger partial charge in [-0.05, 0) is 47.9 Å². The maximum atomic E-state index is 12.7. The Hall–Kier alpha value is -2.31. The predicted octanol–water partition coefficient (Wildman–Crippen LogP) is 4.21. The minimum absolute atomic E-state index is 0.0183. The molecule has 3 rings (SSSR count). The summed E-state index contributed by atoms with van der Waals surface area (Å²) in [5.41, 5.74) is 3.27. The number of carbonyl (C=O) groups excluding carboxylic acids is 1. The monoisotopic (exact) mass is 398 g/mol. The number of nitrogens with zero attached hydrogens (tertiary/aromatic N) is 2. The molecule has 0 saturated carbocycles. The first-order valence-corrected chi connectivity index (χ1v) is 9.86. The van der Waals surface area contributed by atoms with E-state index in [1.54, 1.807) is 12.0 Å². The number of anilines is 1. The number of benzene rings is 2. The van der Waals surface area contributed by atoms with Gasteiger partial charge >= 0.3 is 0 Å². The molecule has 6 heteroatoms. The van der Waals surface area contributed by atoms with Crippen LogP contribution in [0.15, 0.2) is 53.4 Å². The van der Waals surface area contributed by atoms with Gasteiger partial charge in [-0.25, -0.2) is 0 Å². The molecule has 0 radical (unpaired) electrons. The molecule has 1 saturated heterocycles. The minimum Gasteiger partial charge on any atom is -0.497 e. The van der Waals surface area contributed by atoms with E-state index in [9.17, 15) is 4.79 Å². The first-order valence-electron chi connectivity index (χ1n) is 8.63. The summed E-state index contributed by atoms with van der Waals surface area (Å²) in [5, 5.41) is 0.